The summed E-state index contributed by atoms with van der Waals surface area (Å²) in [5, 5.41) is 0. The van der Waals surface area contributed by atoms with Crippen LogP contribution in [0.1, 0.15) is 11.1 Å². The van der Waals surface area contributed by atoms with Gasteiger partial charge in [-0.3, -0.25) is 0 Å². The molecule has 6 nitrogen and oxygen atoms in total. The highest BCUT2D eigenvalue weighted by Crippen LogP contribution is 2.26. The number of hydrogen-bond donors (Lipinski definition) is 1. The van der Waals surface area contributed by atoms with E-state index in [0.717, 1.165) is 5.56 Å². The van der Waals surface area contributed by atoms with Crippen molar-refractivity contribution in [2.24, 2.45) is 0 Å². The van der Waals surface area contributed by atoms with Crippen molar-refractivity contribution < 1.29 is 22.6 Å². The van der Waals surface area contributed by atoms with Crippen LogP contribution in [0.25, 0.3) is 0 Å². The number of sulfonamides is 1. The van der Waals surface area contributed by atoms with Crippen molar-refractivity contribution >= 4 is 10.0 Å². The van der Waals surface area contributed by atoms with E-state index in [1.807, 2.05) is 6.92 Å². The van der Waals surface area contributed by atoms with Gasteiger partial charge < -0.3 is 14.2 Å². The second-order valence-electron chi connectivity index (χ2n) is 5.13. The molecule has 21 heavy (non-hydrogen) atoms. The van der Waals surface area contributed by atoms with E-state index in [9.17, 15) is 8.42 Å². The van der Waals surface area contributed by atoms with Crippen LogP contribution in [0.3, 0.4) is 0 Å². The van der Waals surface area contributed by atoms with Crippen molar-refractivity contribution in [2.75, 3.05) is 27.4 Å². The highest BCUT2D eigenvalue weighted by molar-refractivity contribution is 7.89. The number of hydrogen-bond acceptors (Lipinski definition) is 5. The molecule has 0 aliphatic carbocycles. The average molecular weight is 315 g/mol. The van der Waals surface area contributed by atoms with Crippen molar-refractivity contribution in [1.82, 2.24) is 4.72 Å². The lowest BCUT2D eigenvalue weighted by Crippen LogP contribution is -2.43. The molecule has 0 unspecified atom stereocenters. The summed E-state index contributed by atoms with van der Waals surface area (Å²) in [4.78, 5) is 0.215. The van der Waals surface area contributed by atoms with Gasteiger partial charge in [0.1, 0.15) is 5.75 Å². The van der Waals surface area contributed by atoms with E-state index < -0.39 is 10.0 Å². The molecule has 0 bridgehead atoms. The number of aryl methyl sites for hydroxylation is 2. The Kier molecular flexibility index (Phi) is 4.88. The van der Waals surface area contributed by atoms with E-state index in [0.29, 0.717) is 24.5 Å². The third-order valence-corrected chi connectivity index (χ3v) is 5.25. The molecule has 7 heteroatoms. The minimum atomic E-state index is -3.66. The Morgan fingerprint density at radius 2 is 1.90 bits per heavy atom. The topological polar surface area (TPSA) is 73.9 Å². The lowest BCUT2D eigenvalue weighted by Gasteiger charge is -2.19. The highest BCUT2D eigenvalue weighted by Gasteiger charge is 2.33. The number of rotatable bonds is 5. The molecular formula is C14H21NO5S. The van der Waals surface area contributed by atoms with E-state index in [1.54, 1.807) is 26.2 Å². The minimum Gasteiger partial charge on any atom is -0.496 e. The molecule has 1 N–H and O–H groups in total. The Balaban J connectivity index is 2.31. The molecule has 1 aliphatic heterocycles. The van der Waals surface area contributed by atoms with Crippen molar-refractivity contribution in [3.05, 3.63) is 23.3 Å². The summed E-state index contributed by atoms with van der Waals surface area (Å²) < 4.78 is 43.5. The van der Waals surface area contributed by atoms with Crippen molar-refractivity contribution in [3.8, 4) is 5.75 Å². The van der Waals surface area contributed by atoms with Crippen LogP contribution in [-0.4, -0.2) is 48.0 Å². The first-order valence-corrected chi connectivity index (χ1v) is 8.15. The first-order chi connectivity index (χ1) is 9.89. The molecule has 2 rings (SSSR count). The number of ether oxygens (including phenoxy) is 3. The van der Waals surface area contributed by atoms with Crippen molar-refractivity contribution in [1.29, 1.82) is 0 Å². The van der Waals surface area contributed by atoms with Gasteiger partial charge in [-0.1, -0.05) is 6.07 Å². The van der Waals surface area contributed by atoms with Crippen LogP contribution in [0.4, 0.5) is 0 Å². The molecule has 0 amide bonds. The van der Waals surface area contributed by atoms with Crippen LogP contribution in [0.15, 0.2) is 17.0 Å². The summed E-state index contributed by atoms with van der Waals surface area (Å²) in [6, 6.07) is 2.96. The zero-order chi connectivity index (χ0) is 15.6. The normalized spacial score (nSPS) is 22.5. The molecule has 0 spiro atoms. The molecule has 1 saturated heterocycles. The Morgan fingerprint density at radius 3 is 2.52 bits per heavy atom. The fourth-order valence-corrected chi connectivity index (χ4v) is 3.95. The quantitative estimate of drug-likeness (QED) is 0.877. The maximum atomic E-state index is 12.6. The largest absolute Gasteiger partial charge is 0.496 e. The first kappa shape index (κ1) is 16.2. The highest BCUT2D eigenvalue weighted by atomic mass is 32.2. The van der Waals surface area contributed by atoms with E-state index in [2.05, 4.69) is 4.72 Å². The van der Waals surface area contributed by atoms with Gasteiger partial charge in [0.15, 0.2) is 0 Å². The third-order valence-electron chi connectivity index (χ3n) is 3.62. The number of methoxy groups -OCH3 is 2. The molecule has 0 saturated carbocycles. The van der Waals surface area contributed by atoms with Crippen LogP contribution in [0, 0.1) is 13.8 Å². The molecule has 118 valence electrons. The Morgan fingerprint density at radius 1 is 1.19 bits per heavy atom. The zero-order valence-corrected chi connectivity index (χ0v) is 13.5. The van der Waals surface area contributed by atoms with Crippen LogP contribution < -0.4 is 9.46 Å². The summed E-state index contributed by atoms with van der Waals surface area (Å²) in [7, 11) is -0.593. The zero-order valence-electron chi connectivity index (χ0n) is 12.7. The van der Waals surface area contributed by atoms with Gasteiger partial charge in [-0.2, -0.15) is 0 Å². The molecule has 1 fully saturated rings. The molecule has 0 radical (unpaired) electrons. The smallest absolute Gasteiger partial charge is 0.241 e. The third kappa shape index (κ3) is 3.37. The Labute approximate surface area is 125 Å². The maximum Gasteiger partial charge on any atom is 0.241 e. The Hall–Kier alpha value is -1.15. The Bertz CT molecular complexity index is 614. The number of nitrogens with one attached hydrogen (secondary N) is 1. The summed E-state index contributed by atoms with van der Waals surface area (Å²) in [5.74, 6) is 0.548. The minimum absolute atomic E-state index is 0.215. The van der Waals surface area contributed by atoms with E-state index in [1.165, 1.54) is 7.11 Å². The number of benzene rings is 1. The van der Waals surface area contributed by atoms with Gasteiger partial charge in [0.05, 0.1) is 37.4 Å². The summed E-state index contributed by atoms with van der Waals surface area (Å²) in [6.45, 7) is 4.33. The van der Waals surface area contributed by atoms with Crippen molar-refractivity contribution in [3.63, 3.8) is 0 Å². The van der Waals surface area contributed by atoms with E-state index >= 15 is 0 Å². The molecule has 1 aromatic rings. The van der Waals surface area contributed by atoms with Crippen molar-refractivity contribution in [2.45, 2.75) is 30.9 Å². The van der Waals surface area contributed by atoms with Gasteiger partial charge in [-0.05, 0) is 25.0 Å². The van der Waals surface area contributed by atoms with Gasteiger partial charge in [-0.25, -0.2) is 13.1 Å². The van der Waals surface area contributed by atoms with Crippen LogP contribution in [-0.2, 0) is 19.5 Å². The molecular weight excluding hydrogens is 294 g/mol. The van der Waals surface area contributed by atoms with Crippen LogP contribution in [0.2, 0.25) is 0 Å². The maximum absolute atomic E-state index is 12.6. The summed E-state index contributed by atoms with van der Waals surface area (Å²) in [6.07, 6.45) is -0.271. The SMILES string of the molecule is COc1cc(S(=O)(=O)N[C@H]2COC[C@@H]2OC)c(C)cc1C. The fraction of sp³-hybridized carbons (Fsp3) is 0.571. The van der Waals surface area contributed by atoms with Gasteiger partial charge in [0.2, 0.25) is 10.0 Å². The van der Waals surface area contributed by atoms with Gasteiger partial charge >= 0.3 is 0 Å². The monoisotopic (exact) mass is 315 g/mol. The van der Waals surface area contributed by atoms with Gasteiger partial charge in [0.25, 0.3) is 0 Å². The van der Waals surface area contributed by atoms with Gasteiger partial charge in [0, 0.05) is 13.2 Å². The van der Waals surface area contributed by atoms with E-state index in [4.69, 9.17) is 14.2 Å². The predicted octanol–water partition coefficient (Wildman–Crippen LogP) is 1.00. The van der Waals surface area contributed by atoms with Crippen LogP contribution in [0.5, 0.6) is 5.75 Å². The lowest BCUT2D eigenvalue weighted by molar-refractivity contribution is 0.0761. The fourth-order valence-electron chi connectivity index (χ4n) is 2.46. The first-order valence-electron chi connectivity index (χ1n) is 6.67. The summed E-state index contributed by atoms with van der Waals surface area (Å²) >= 11 is 0. The lowest BCUT2D eigenvalue weighted by atomic mass is 10.1. The van der Waals surface area contributed by atoms with Gasteiger partial charge in [-0.15, -0.1) is 0 Å². The standard InChI is InChI=1S/C14H21NO5S/c1-9-5-10(2)14(6-12(9)18-3)21(16,17)15-11-7-20-8-13(11)19-4/h5-6,11,13,15H,7-8H2,1-4H3/t11-,13-/m0/s1. The molecule has 1 heterocycles. The van der Waals surface area contributed by atoms with Crippen LogP contribution >= 0.6 is 0 Å². The molecule has 1 aliphatic rings. The molecule has 1 aromatic carbocycles. The predicted molar refractivity (Wildman–Crippen MR) is 78.2 cm³/mol. The molecule has 2 atom stereocenters. The summed E-state index contributed by atoms with van der Waals surface area (Å²) in [5.41, 5.74) is 1.57. The second-order valence-corrected chi connectivity index (χ2v) is 6.81. The second kappa shape index (κ2) is 6.31. The van der Waals surface area contributed by atoms with E-state index in [-0.39, 0.29) is 17.0 Å². The molecule has 0 aromatic heterocycles. The average Bonchev–Trinajstić information content (AvgIpc) is 2.85.